The van der Waals surface area contributed by atoms with Crippen molar-refractivity contribution in [2.75, 3.05) is 13.1 Å². The molecule has 1 aromatic rings. The first-order chi connectivity index (χ1) is 8.95. The van der Waals surface area contributed by atoms with Crippen molar-refractivity contribution in [2.45, 2.75) is 31.9 Å². The fourth-order valence-corrected chi connectivity index (χ4v) is 2.85. The third-order valence-electron chi connectivity index (χ3n) is 3.42. The van der Waals surface area contributed by atoms with E-state index in [-0.39, 0.29) is 5.69 Å². The third kappa shape index (κ3) is 3.05. The zero-order valence-corrected chi connectivity index (χ0v) is 11.6. The minimum atomic E-state index is -0.634. The molecule has 1 aromatic carbocycles. The summed E-state index contributed by atoms with van der Waals surface area (Å²) in [4.78, 5) is 12.5. The Balaban J connectivity index is 2.07. The number of likely N-dealkylation sites (tertiary alicyclic amines) is 1. The topological polar surface area (TPSA) is 66.6 Å². The number of hydrogen-bond acceptors (Lipinski definition) is 4. The molecule has 1 fully saturated rings. The van der Waals surface area contributed by atoms with Crippen LogP contribution in [-0.2, 0) is 6.54 Å². The number of halogens is 1. The predicted molar refractivity (Wildman–Crippen MR) is 73.2 cm³/mol. The summed E-state index contributed by atoms with van der Waals surface area (Å²) < 4.78 is 0. The second kappa shape index (κ2) is 5.45. The number of nitrogens with zero attached hydrogens (tertiary/aromatic N) is 2. The average Bonchev–Trinajstić information content (AvgIpc) is 2.29. The van der Waals surface area contributed by atoms with Gasteiger partial charge in [0.1, 0.15) is 0 Å². The molecule has 0 aliphatic carbocycles. The van der Waals surface area contributed by atoms with Crippen molar-refractivity contribution in [3.05, 3.63) is 38.9 Å². The summed E-state index contributed by atoms with van der Waals surface area (Å²) in [6.07, 6.45) is 1.69. The van der Waals surface area contributed by atoms with Crippen LogP contribution in [0.5, 0.6) is 0 Å². The lowest BCUT2D eigenvalue weighted by Gasteiger charge is -2.46. The molecule has 1 aliphatic rings. The Morgan fingerprint density at radius 2 is 2.21 bits per heavy atom. The standard InChI is InChI=1S/C13H17ClN2O3/c1-2-6-13(17)8-15(9-13)7-10-11(14)4-3-5-12(10)16(18)19/h3-5,17H,2,6-9H2,1H3. The zero-order valence-electron chi connectivity index (χ0n) is 10.8. The van der Waals surface area contributed by atoms with Crippen LogP contribution in [0.15, 0.2) is 18.2 Å². The van der Waals surface area contributed by atoms with Crippen LogP contribution in [-0.4, -0.2) is 33.6 Å². The van der Waals surface area contributed by atoms with E-state index in [0.717, 1.165) is 12.8 Å². The van der Waals surface area contributed by atoms with Crippen molar-refractivity contribution < 1.29 is 10.0 Å². The molecule has 0 amide bonds. The van der Waals surface area contributed by atoms with Crippen molar-refractivity contribution in [3.8, 4) is 0 Å². The second-order valence-electron chi connectivity index (χ2n) is 5.11. The lowest BCUT2D eigenvalue weighted by Crippen LogP contribution is -2.61. The van der Waals surface area contributed by atoms with Gasteiger partial charge in [0.15, 0.2) is 0 Å². The van der Waals surface area contributed by atoms with Gasteiger partial charge in [-0.05, 0) is 12.5 Å². The monoisotopic (exact) mass is 284 g/mol. The van der Waals surface area contributed by atoms with Gasteiger partial charge < -0.3 is 5.11 Å². The number of hydrogen-bond donors (Lipinski definition) is 1. The van der Waals surface area contributed by atoms with Crippen molar-refractivity contribution in [3.63, 3.8) is 0 Å². The summed E-state index contributed by atoms with van der Waals surface area (Å²) in [7, 11) is 0. The molecule has 1 heterocycles. The Morgan fingerprint density at radius 3 is 2.79 bits per heavy atom. The summed E-state index contributed by atoms with van der Waals surface area (Å²) in [5.41, 5.74) is -0.0729. The molecule has 1 saturated heterocycles. The normalized spacial score (nSPS) is 18.1. The summed E-state index contributed by atoms with van der Waals surface area (Å²) in [6, 6.07) is 4.69. The maximum absolute atomic E-state index is 11.0. The average molecular weight is 285 g/mol. The lowest BCUT2D eigenvalue weighted by molar-refractivity contribution is -0.385. The fourth-order valence-electron chi connectivity index (χ4n) is 2.62. The van der Waals surface area contributed by atoms with E-state index in [4.69, 9.17) is 11.6 Å². The maximum atomic E-state index is 11.0. The Labute approximate surface area is 116 Å². The Morgan fingerprint density at radius 1 is 1.53 bits per heavy atom. The first-order valence-electron chi connectivity index (χ1n) is 6.32. The zero-order chi connectivity index (χ0) is 14.0. The van der Waals surface area contributed by atoms with Crippen molar-refractivity contribution >= 4 is 17.3 Å². The van der Waals surface area contributed by atoms with Gasteiger partial charge in [-0.1, -0.05) is 31.0 Å². The molecule has 1 aliphatic heterocycles. The van der Waals surface area contributed by atoms with Crippen molar-refractivity contribution in [1.29, 1.82) is 0 Å². The molecule has 0 bridgehead atoms. The highest BCUT2D eigenvalue weighted by molar-refractivity contribution is 6.31. The number of aliphatic hydroxyl groups is 1. The minimum Gasteiger partial charge on any atom is -0.387 e. The van der Waals surface area contributed by atoms with Gasteiger partial charge in [-0.15, -0.1) is 0 Å². The van der Waals surface area contributed by atoms with Gasteiger partial charge in [-0.3, -0.25) is 15.0 Å². The lowest BCUT2D eigenvalue weighted by atomic mass is 9.89. The van der Waals surface area contributed by atoms with E-state index in [0.29, 0.717) is 30.2 Å². The van der Waals surface area contributed by atoms with E-state index in [1.54, 1.807) is 12.1 Å². The van der Waals surface area contributed by atoms with Gasteiger partial charge in [-0.25, -0.2) is 0 Å². The molecule has 104 valence electrons. The van der Waals surface area contributed by atoms with Crippen LogP contribution >= 0.6 is 11.6 Å². The number of nitro groups is 1. The van der Waals surface area contributed by atoms with Crippen LogP contribution in [0.3, 0.4) is 0 Å². The Hall–Kier alpha value is -1.17. The SMILES string of the molecule is CCCC1(O)CN(Cc2c(Cl)cccc2[N+](=O)[O-])C1. The Kier molecular flexibility index (Phi) is 4.08. The predicted octanol–water partition coefficient (Wildman–Crippen LogP) is 2.60. The Bertz CT molecular complexity index is 487. The van der Waals surface area contributed by atoms with Crippen molar-refractivity contribution in [2.24, 2.45) is 0 Å². The number of benzene rings is 1. The molecular weight excluding hydrogens is 268 g/mol. The van der Waals surface area contributed by atoms with Crippen LogP contribution in [0, 0.1) is 10.1 Å². The van der Waals surface area contributed by atoms with Gasteiger partial charge in [0.05, 0.1) is 21.1 Å². The van der Waals surface area contributed by atoms with Gasteiger partial charge in [0.25, 0.3) is 5.69 Å². The molecule has 19 heavy (non-hydrogen) atoms. The summed E-state index contributed by atoms with van der Waals surface area (Å²) in [5.74, 6) is 0. The van der Waals surface area contributed by atoms with Crippen LogP contribution in [0.2, 0.25) is 5.02 Å². The fraction of sp³-hybridized carbons (Fsp3) is 0.538. The molecule has 0 atom stereocenters. The number of nitro benzene ring substituents is 1. The second-order valence-corrected chi connectivity index (χ2v) is 5.52. The van der Waals surface area contributed by atoms with E-state index in [1.807, 2.05) is 11.8 Å². The highest BCUT2D eigenvalue weighted by Gasteiger charge is 2.40. The largest absolute Gasteiger partial charge is 0.387 e. The molecule has 1 N–H and O–H groups in total. The molecule has 0 unspecified atom stereocenters. The first kappa shape index (κ1) is 14.2. The van der Waals surface area contributed by atoms with Crippen molar-refractivity contribution in [1.82, 2.24) is 4.90 Å². The molecule has 2 rings (SSSR count). The van der Waals surface area contributed by atoms with Crippen LogP contribution < -0.4 is 0 Å². The molecular formula is C13H17ClN2O3. The summed E-state index contributed by atoms with van der Waals surface area (Å²) in [6.45, 7) is 3.52. The van der Waals surface area contributed by atoms with Gasteiger partial charge >= 0.3 is 0 Å². The van der Waals surface area contributed by atoms with E-state index in [2.05, 4.69) is 0 Å². The van der Waals surface area contributed by atoms with E-state index < -0.39 is 10.5 Å². The van der Waals surface area contributed by atoms with Crippen LogP contribution in [0.25, 0.3) is 0 Å². The molecule has 6 heteroatoms. The minimum absolute atomic E-state index is 0.0402. The van der Waals surface area contributed by atoms with E-state index in [9.17, 15) is 15.2 Å². The smallest absolute Gasteiger partial charge is 0.275 e. The molecule has 0 spiro atoms. The summed E-state index contributed by atoms with van der Waals surface area (Å²) in [5, 5.41) is 21.5. The third-order valence-corrected chi connectivity index (χ3v) is 3.78. The maximum Gasteiger partial charge on any atom is 0.275 e. The van der Waals surface area contributed by atoms with Gasteiger partial charge in [-0.2, -0.15) is 0 Å². The number of β-amino-alcohol motifs (C(OH)–C–C–N with tert-alkyl or cyclic N) is 1. The molecule has 0 saturated carbocycles. The van der Waals surface area contributed by atoms with Gasteiger partial charge in [0.2, 0.25) is 0 Å². The number of rotatable bonds is 5. The van der Waals surface area contributed by atoms with E-state index >= 15 is 0 Å². The highest BCUT2D eigenvalue weighted by Crippen LogP contribution is 2.32. The highest BCUT2D eigenvalue weighted by atomic mass is 35.5. The van der Waals surface area contributed by atoms with Crippen LogP contribution in [0.1, 0.15) is 25.3 Å². The quantitative estimate of drug-likeness (QED) is 0.667. The molecule has 0 radical (unpaired) electrons. The molecule has 0 aromatic heterocycles. The van der Waals surface area contributed by atoms with Gasteiger partial charge in [0, 0.05) is 25.7 Å². The summed E-state index contributed by atoms with van der Waals surface area (Å²) >= 11 is 6.04. The van der Waals surface area contributed by atoms with Crippen LogP contribution in [0.4, 0.5) is 5.69 Å². The van der Waals surface area contributed by atoms with E-state index in [1.165, 1.54) is 6.07 Å². The first-order valence-corrected chi connectivity index (χ1v) is 6.69. The molecule has 5 nitrogen and oxygen atoms in total.